The molecule has 5 heteroatoms. The third-order valence-corrected chi connectivity index (χ3v) is 7.19. The number of fused-ring (bicyclic) bond motifs is 2. The van der Waals surface area contributed by atoms with Crippen LogP contribution >= 0.6 is 31.9 Å². The first-order valence-electron chi connectivity index (χ1n) is 11.0. The van der Waals surface area contributed by atoms with E-state index in [0.717, 1.165) is 29.7 Å². The van der Waals surface area contributed by atoms with Gasteiger partial charge in [0.25, 0.3) is 5.91 Å². The summed E-state index contributed by atoms with van der Waals surface area (Å²) in [6.07, 6.45) is 0. The molecule has 0 spiro atoms. The zero-order valence-corrected chi connectivity index (χ0v) is 21.6. The predicted molar refractivity (Wildman–Crippen MR) is 138 cm³/mol. The van der Waals surface area contributed by atoms with Gasteiger partial charge in [-0.2, -0.15) is 0 Å². The first-order valence-corrected chi connectivity index (χ1v) is 12.6. The Labute approximate surface area is 207 Å². The summed E-state index contributed by atoms with van der Waals surface area (Å²) >= 11 is 6.99. The first kappa shape index (κ1) is 23.2. The van der Waals surface area contributed by atoms with Gasteiger partial charge in [0.15, 0.2) is 0 Å². The molecule has 166 valence electrons. The maximum absolute atomic E-state index is 12.6. The van der Waals surface area contributed by atoms with Gasteiger partial charge in [0, 0.05) is 40.7 Å². The molecule has 2 unspecified atom stereocenters. The molecule has 0 saturated heterocycles. The van der Waals surface area contributed by atoms with Crippen LogP contribution in [0.25, 0.3) is 0 Å². The molecule has 0 radical (unpaired) electrons. The lowest BCUT2D eigenvalue weighted by molar-refractivity contribution is 0.0721. The number of nitrogens with zero attached hydrogens (tertiary/aromatic N) is 1. The highest BCUT2D eigenvalue weighted by atomic mass is 79.9. The van der Waals surface area contributed by atoms with Crippen molar-refractivity contribution >= 4 is 37.8 Å². The first-order chi connectivity index (χ1) is 15.4. The van der Waals surface area contributed by atoms with E-state index in [2.05, 4.69) is 87.4 Å². The standard InChI is InChI=1S/C17H16BrNO.C10H12BrN/c1-12-10-19(17(20)13-5-3-2-4-6-13)11-14-9-15(18)7-8-16(12)14;1-7-5-12-6-8-4-9(11)2-3-10(7)8/h2-9,12H,10-11H2,1H3;2-4,7,12H,5-6H2,1H3. The Morgan fingerprint density at radius 2 is 1.50 bits per heavy atom. The molecule has 0 saturated carbocycles. The van der Waals surface area contributed by atoms with Gasteiger partial charge in [-0.1, -0.05) is 76.0 Å². The number of carbonyl (C=O) groups is 1. The summed E-state index contributed by atoms with van der Waals surface area (Å²) in [5, 5.41) is 3.40. The van der Waals surface area contributed by atoms with Crippen LogP contribution in [0.4, 0.5) is 0 Å². The van der Waals surface area contributed by atoms with Crippen molar-refractivity contribution in [2.24, 2.45) is 0 Å². The van der Waals surface area contributed by atoms with E-state index in [4.69, 9.17) is 0 Å². The molecule has 3 nitrogen and oxygen atoms in total. The van der Waals surface area contributed by atoms with Gasteiger partial charge in [0.2, 0.25) is 0 Å². The lowest BCUT2D eigenvalue weighted by Gasteiger charge is -2.33. The summed E-state index contributed by atoms with van der Waals surface area (Å²) in [6.45, 7) is 8.03. The number of amides is 1. The fourth-order valence-electron chi connectivity index (χ4n) is 4.55. The zero-order valence-electron chi connectivity index (χ0n) is 18.4. The van der Waals surface area contributed by atoms with Gasteiger partial charge >= 0.3 is 0 Å². The molecular weight excluding hydrogens is 528 g/mol. The van der Waals surface area contributed by atoms with Crippen LogP contribution in [0.3, 0.4) is 0 Å². The van der Waals surface area contributed by atoms with Crippen molar-refractivity contribution in [2.75, 3.05) is 13.1 Å². The minimum absolute atomic E-state index is 0.114. The highest BCUT2D eigenvalue weighted by Gasteiger charge is 2.26. The monoisotopic (exact) mass is 554 g/mol. The molecule has 3 aromatic rings. The van der Waals surface area contributed by atoms with Gasteiger partial charge in [0.1, 0.15) is 0 Å². The van der Waals surface area contributed by atoms with E-state index in [0.29, 0.717) is 18.4 Å². The van der Waals surface area contributed by atoms with Crippen LogP contribution in [0, 0.1) is 0 Å². The average molecular weight is 556 g/mol. The van der Waals surface area contributed by atoms with E-state index < -0.39 is 0 Å². The molecule has 0 bridgehead atoms. The van der Waals surface area contributed by atoms with Crippen molar-refractivity contribution < 1.29 is 4.79 Å². The third kappa shape index (κ3) is 5.33. The molecule has 2 aliphatic rings. The Hall–Kier alpha value is -1.95. The normalized spacial score (nSPS) is 19.3. The van der Waals surface area contributed by atoms with E-state index in [-0.39, 0.29) is 5.91 Å². The van der Waals surface area contributed by atoms with Crippen LogP contribution in [0.2, 0.25) is 0 Å². The summed E-state index contributed by atoms with van der Waals surface area (Å²) in [6, 6.07) is 22.4. The van der Waals surface area contributed by atoms with Gasteiger partial charge in [-0.25, -0.2) is 0 Å². The predicted octanol–water partition coefficient (Wildman–Crippen LogP) is 6.86. The average Bonchev–Trinajstić information content (AvgIpc) is 2.79. The van der Waals surface area contributed by atoms with Crippen LogP contribution in [0.15, 0.2) is 75.7 Å². The molecule has 2 heterocycles. The quantitative estimate of drug-likeness (QED) is 0.355. The molecule has 0 fully saturated rings. The van der Waals surface area contributed by atoms with Crippen LogP contribution in [0.1, 0.15) is 58.3 Å². The van der Waals surface area contributed by atoms with Crippen molar-refractivity contribution in [3.8, 4) is 0 Å². The molecule has 1 amide bonds. The van der Waals surface area contributed by atoms with Crippen molar-refractivity contribution in [3.05, 3.63) is 103 Å². The minimum Gasteiger partial charge on any atom is -0.334 e. The summed E-state index contributed by atoms with van der Waals surface area (Å²) in [5.41, 5.74) is 6.28. The summed E-state index contributed by atoms with van der Waals surface area (Å²) < 4.78 is 2.25. The van der Waals surface area contributed by atoms with Crippen molar-refractivity contribution in [2.45, 2.75) is 38.8 Å². The van der Waals surface area contributed by atoms with Gasteiger partial charge in [0.05, 0.1) is 0 Å². The van der Waals surface area contributed by atoms with Crippen LogP contribution in [0.5, 0.6) is 0 Å². The van der Waals surface area contributed by atoms with Gasteiger partial charge in [-0.05, 0) is 70.5 Å². The molecule has 0 aromatic heterocycles. The number of rotatable bonds is 1. The number of halogens is 2. The lowest BCUT2D eigenvalue weighted by Crippen LogP contribution is -2.37. The van der Waals surface area contributed by atoms with E-state index in [1.807, 2.05) is 35.2 Å². The highest BCUT2D eigenvalue weighted by molar-refractivity contribution is 9.10. The summed E-state index contributed by atoms with van der Waals surface area (Å²) in [4.78, 5) is 14.5. The number of hydrogen-bond donors (Lipinski definition) is 1. The lowest BCUT2D eigenvalue weighted by atomic mass is 9.91. The topological polar surface area (TPSA) is 32.3 Å². The number of hydrogen-bond acceptors (Lipinski definition) is 2. The molecule has 1 N–H and O–H groups in total. The molecule has 2 aliphatic heterocycles. The van der Waals surface area contributed by atoms with Crippen molar-refractivity contribution in [1.82, 2.24) is 10.2 Å². The second-order valence-corrected chi connectivity index (χ2v) is 10.5. The third-order valence-electron chi connectivity index (χ3n) is 6.20. The largest absolute Gasteiger partial charge is 0.334 e. The van der Waals surface area contributed by atoms with Gasteiger partial charge in [-0.15, -0.1) is 0 Å². The van der Waals surface area contributed by atoms with Crippen LogP contribution < -0.4 is 5.32 Å². The molecular formula is C27H28Br2N2O. The van der Waals surface area contributed by atoms with Crippen molar-refractivity contribution in [3.63, 3.8) is 0 Å². The van der Waals surface area contributed by atoms with E-state index in [1.165, 1.54) is 26.7 Å². The second kappa shape index (κ2) is 10.3. The fourth-order valence-corrected chi connectivity index (χ4v) is 5.37. The number of nitrogens with one attached hydrogen (secondary N) is 1. The Morgan fingerprint density at radius 3 is 2.19 bits per heavy atom. The van der Waals surface area contributed by atoms with Gasteiger partial charge in [-0.3, -0.25) is 4.79 Å². The highest BCUT2D eigenvalue weighted by Crippen LogP contribution is 2.31. The van der Waals surface area contributed by atoms with Gasteiger partial charge < -0.3 is 10.2 Å². The molecule has 32 heavy (non-hydrogen) atoms. The SMILES string of the molecule is CC1CN(C(=O)c2ccccc2)Cc2cc(Br)ccc21.CC1CNCc2cc(Br)ccc21. The smallest absolute Gasteiger partial charge is 0.254 e. The fraction of sp³-hybridized carbons (Fsp3) is 0.296. The van der Waals surface area contributed by atoms with Crippen molar-refractivity contribution in [1.29, 1.82) is 0 Å². The maximum Gasteiger partial charge on any atom is 0.254 e. The summed E-state index contributed by atoms with van der Waals surface area (Å²) in [7, 11) is 0. The van der Waals surface area contributed by atoms with E-state index in [1.54, 1.807) is 0 Å². The Kier molecular flexibility index (Phi) is 7.49. The van der Waals surface area contributed by atoms with E-state index >= 15 is 0 Å². The van der Waals surface area contributed by atoms with Crippen LogP contribution in [-0.4, -0.2) is 23.9 Å². The van der Waals surface area contributed by atoms with Crippen LogP contribution in [-0.2, 0) is 13.1 Å². The number of benzene rings is 3. The minimum atomic E-state index is 0.114. The summed E-state index contributed by atoms with van der Waals surface area (Å²) in [5.74, 6) is 1.14. The Balaban J connectivity index is 0.000000174. The molecule has 0 aliphatic carbocycles. The zero-order chi connectivity index (χ0) is 22.7. The molecule has 5 rings (SSSR count). The maximum atomic E-state index is 12.6. The Morgan fingerprint density at radius 1 is 0.875 bits per heavy atom. The number of carbonyl (C=O) groups excluding carboxylic acids is 1. The molecule has 3 aromatic carbocycles. The second-order valence-electron chi connectivity index (χ2n) is 8.67. The molecule has 2 atom stereocenters. The van der Waals surface area contributed by atoms with E-state index in [9.17, 15) is 4.79 Å². The Bertz CT molecular complexity index is 1100.